The van der Waals surface area contributed by atoms with Gasteiger partial charge in [-0.2, -0.15) is 0 Å². The molecule has 1 fully saturated rings. The Morgan fingerprint density at radius 1 is 1.23 bits per heavy atom. The molecular weight excluding hydrogens is 533 g/mol. The van der Waals surface area contributed by atoms with E-state index < -0.39 is 9.84 Å². The Morgan fingerprint density at radius 2 is 1.90 bits per heavy atom. The third-order valence-corrected chi connectivity index (χ3v) is 6.05. The predicted octanol–water partition coefficient (Wildman–Crippen LogP) is 0.472. The van der Waals surface area contributed by atoms with E-state index >= 15 is 0 Å². The fraction of sp³-hybridized carbons (Fsp3) is 0.600. The van der Waals surface area contributed by atoms with Gasteiger partial charge in [-0.25, -0.2) is 13.4 Å². The van der Waals surface area contributed by atoms with Crippen molar-refractivity contribution < 1.29 is 17.9 Å². The molecule has 11 heteroatoms. The molecule has 0 saturated carbocycles. The van der Waals surface area contributed by atoms with Gasteiger partial charge in [0.15, 0.2) is 15.8 Å². The monoisotopic (exact) mass is 567 g/mol. The molecule has 0 aliphatic carbocycles. The van der Waals surface area contributed by atoms with E-state index in [9.17, 15) is 13.2 Å². The molecule has 1 amide bonds. The number of morpholine rings is 1. The Balaban J connectivity index is 0.00000480. The molecule has 2 rings (SSSR count). The van der Waals surface area contributed by atoms with E-state index in [1.807, 2.05) is 6.07 Å². The molecule has 1 aromatic rings. The summed E-state index contributed by atoms with van der Waals surface area (Å²) < 4.78 is 28.9. The molecule has 1 saturated heterocycles. The van der Waals surface area contributed by atoms with E-state index in [0.717, 1.165) is 38.4 Å². The minimum atomic E-state index is -3.25. The number of hydrogen-bond donors (Lipinski definition) is 2. The van der Waals surface area contributed by atoms with Crippen LogP contribution in [0, 0.1) is 6.92 Å². The summed E-state index contributed by atoms with van der Waals surface area (Å²) >= 11 is 0. The highest BCUT2D eigenvalue weighted by Crippen LogP contribution is 2.17. The molecule has 1 heterocycles. The Labute approximate surface area is 202 Å². The van der Waals surface area contributed by atoms with Crippen LogP contribution in [0.1, 0.15) is 11.1 Å². The molecule has 0 radical (unpaired) electrons. The van der Waals surface area contributed by atoms with Crippen molar-refractivity contribution in [2.24, 2.45) is 4.99 Å². The lowest BCUT2D eigenvalue weighted by Gasteiger charge is -2.26. The molecule has 2 N–H and O–H groups in total. The zero-order valence-electron chi connectivity index (χ0n) is 18.7. The standard InChI is InChI=1S/C20H33N5O4S.HI/c1-16-13-17(5-6-18(16)30(4,27)28)14-22-20(23-15-19(26)24(2)3)21-7-8-25-9-11-29-12-10-25;/h5-6,13H,7-12,14-15H2,1-4H3,(H2,21,22,23);1H. The number of halogens is 1. The summed E-state index contributed by atoms with van der Waals surface area (Å²) in [5.41, 5.74) is 1.59. The third-order valence-electron chi connectivity index (χ3n) is 4.79. The number of nitrogens with zero attached hydrogens (tertiary/aromatic N) is 3. The quantitative estimate of drug-likeness (QED) is 0.268. The summed E-state index contributed by atoms with van der Waals surface area (Å²) in [6.07, 6.45) is 1.20. The maximum absolute atomic E-state index is 11.9. The number of aliphatic imine (C=N–C) groups is 1. The lowest BCUT2D eigenvalue weighted by atomic mass is 10.1. The molecule has 176 valence electrons. The highest BCUT2D eigenvalue weighted by Gasteiger charge is 2.12. The Hall–Kier alpha value is -1.44. The van der Waals surface area contributed by atoms with Crippen LogP contribution in [-0.2, 0) is 25.9 Å². The van der Waals surface area contributed by atoms with E-state index in [2.05, 4.69) is 20.5 Å². The van der Waals surface area contributed by atoms with Crippen LogP contribution in [0.3, 0.4) is 0 Å². The number of rotatable bonds is 8. The van der Waals surface area contributed by atoms with Crippen molar-refractivity contribution in [3.05, 3.63) is 29.3 Å². The normalized spacial score (nSPS) is 15.2. The minimum Gasteiger partial charge on any atom is -0.379 e. The number of benzene rings is 1. The first kappa shape index (κ1) is 27.6. The molecule has 9 nitrogen and oxygen atoms in total. The second-order valence-corrected chi connectivity index (χ2v) is 9.54. The summed E-state index contributed by atoms with van der Waals surface area (Å²) in [5, 5.41) is 6.34. The summed E-state index contributed by atoms with van der Waals surface area (Å²) in [4.78, 5) is 20.7. The maximum atomic E-state index is 11.9. The number of carbonyl (C=O) groups excluding carboxylic acids is 1. The van der Waals surface area contributed by atoms with Gasteiger partial charge in [-0.05, 0) is 24.1 Å². The summed E-state index contributed by atoms with van der Waals surface area (Å²) in [6, 6.07) is 5.21. The second-order valence-electron chi connectivity index (χ2n) is 7.56. The second kappa shape index (κ2) is 13.2. The molecule has 0 atom stereocenters. The number of hydrogen-bond acceptors (Lipinski definition) is 6. The van der Waals surface area contributed by atoms with Gasteiger partial charge >= 0.3 is 0 Å². The summed E-state index contributed by atoms with van der Waals surface area (Å²) in [6.45, 7) is 7.15. The molecular formula is C20H34IN5O4S. The number of aryl methyl sites for hydroxylation is 1. The first-order valence-corrected chi connectivity index (χ1v) is 11.9. The molecule has 1 aromatic carbocycles. The van der Waals surface area contributed by atoms with Crippen molar-refractivity contribution in [2.45, 2.75) is 18.4 Å². The largest absolute Gasteiger partial charge is 0.379 e. The van der Waals surface area contributed by atoms with Gasteiger partial charge in [-0.1, -0.05) is 12.1 Å². The van der Waals surface area contributed by atoms with E-state index in [1.165, 1.54) is 11.2 Å². The Bertz CT molecular complexity index is 855. The number of amides is 1. The fourth-order valence-electron chi connectivity index (χ4n) is 3.05. The van der Waals surface area contributed by atoms with Crippen LogP contribution in [0.25, 0.3) is 0 Å². The van der Waals surface area contributed by atoms with Gasteiger partial charge in [0.05, 0.1) is 31.2 Å². The van der Waals surface area contributed by atoms with E-state index in [0.29, 0.717) is 29.5 Å². The maximum Gasteiger partial charge on any atom is 0.241 e. The van der Waals surface area contributed by atoms with Crippen LogP contribution in [0.5, 0.6) is 0 Å². The van der Waals surface area contributed by atoms with Gasteiger partial charge in [0.25, 0.3) is 0 Å². The van der Waals surface area contributed by atoms with Gasteiger partial charge in [-0.3, -0.25) is 9.69 Å². The van der Waals surface area contributed by atoms with Gasteiger partial charge < -0.3 is 20.3 Å². The first-order chi connectivity index (χ1) is 14.2. The third kappa shape index (κ3) is 9.71. The van der Waals surface area contributed by atoms with Crippen LogP contribution in [0.2, 0.25) is 0 Å². The number of carbonyl (C=O) groups is 1. The lowest BCUT2D eigenvalue weighted by molar-refractivity contribution is -0.127. The number of sulfone groups is 1. The van der Waals surface area contributed by atoms with Gasteiger partial charge in [0.2, 0.25) is 5.91 Å². The first-order valence-electron chi connectivity index (χ1n) is 9.99. The highest BCUT2D eigenvalue weighted by atomic mass is 127. The molecule has 0 aromatic heterocycles. The van der Waals surface area contributed by atoms with Crippen LogP contribution in [0.15, 0.2) is 28.1 Å². The molecule has 1 aliphatic rings. The predicted molar refractivity (Wildman–Crippen MR) is 133 cm³/mol. The van der Waals surface area contributed by atoms with Gasteiger partial charge in [-0.15, -0.1) is 24.0 Å². The molecule has 0 unspecified atom stereocenters. The topological polar surface area (TPSA) is 103 Å². The van der Waals surface area contributed by atoms with E-state index in [4.69, 9.17) is 4.74 Å². The van der Waals surface area contributed by atoms with Crippen molar-refractivity contribution in [3.63, 3.8) is 0 Å². The minimum absolute atomic E-state index is 0. The Morgan fingerprint density at radius 3 is 2.48 bits per heavy atom. The Kier molecular flexibility index (Phi) is 11.7. The SMILES string of the molecule is Cc1cc(CN=C(NCCN2CCOCC2)NCC(=O)N(C)C)ccc1S(C)(=O)=O.I. The molecule has 31 heavy (non-hydrogen) atoms. The highest BCUT2D eigenvalue weighted by molar-refractivity contribution is 14.0. The number of guanidine groups is 1. The van der Waals surface area contributed by atoms with Gasteiger partial charge in [0, 0.05) is 46.5 Å². The number of nitrogens with one attached hydrogen (secondary N) is 2. The van der Waals surface area contributed by atoms with Crippen LogP contribution >= 0.6 is 24.0 Å². The fourth-order valence-corrected chi connectivity index (χ4v) is 4.00. The van der Waals surface area contributed by atoms with Crippen molar-refractivity contribution >= 4 is 45.7 Å². The average molecular weight is 567 g/mol. The smallest absolute Gasteiger partial charge is 0.241 e. The summed E-state index contributed by atoms with van der Waals surface area (Å²) in [7, 11) is 0.167. The lowest BCUT2D eigenvalue weighted by Crippen LogP contribution is -2.46. The molecule has 1 aliphatic heterocycles. The molecule has 0 spiro atoms. The van der Waals surface area contributed by atoms with Crippen molar-refractivity contribution in [2.75, 3.05) is 66.3 Å². The van der Waals surface area contributed by atoms with Crippen LogP contribution < -0.4 is 10.6 Å². The van der Waals surface area contributed by atoms with E-state index in [1.54, 1.807) is 33.2 Å². The summed E-state index contributed by atoms with van der Waals surface area (Å²) in [5.74, 6) is 0.495. The zero-order valence-corrected chi connectivity index (χ0v) is 21.8. The number of likely N-dealkylation sites (N-methyl/N-ethyl adjacent to an activating group) is 1. The van der Waals surface area contributed by atoms with Crippen LogP contribution in [-0.4, -0.2) is 96.4 Å². The van der Waals surface area contributed by atoms with Crippen molar-refractivity contribution in [3.8, 4) is 0 Å². The molecule has 0 bridgehead atoms. The number of ether oxygens (including phenoxy) is 1. The van der Waals surface area contributed by atoms with Gasteiger partial charge in [0.1, 0.15) is 0 Å². The average Bonchev–Trinajstić information content (AvgIpc) is 2.69. The van der Waals surface area contributed by atoms with Crippen molar-refractivity contribution in [1.29, 1.82) is 0 Å². The van der Waals surface area contributed by atoms with Crippen molar-refractivity contribution in [1.82, 2.24) is 20.4 Å². The van der Waals surface area contributed by atoms with E-state index in [-0.39, 0.29) is 36.4 Å². The zero-order chi connectivity index (χ0) is 22.1. The van der Waals surface area contributed by atoms with Crippen LogP contribution in [0.4, 0.5) is 0 Å².